The quantitative estimate of drug-likeness (QED) is 0.180. The van der Waals surface area contributed by atoms with Gasteiger partial charge in [-0.3, -0.25) is 0 Å². The summed E-state index contributed by atoms with van der Waals surface area (Å²) >= 11 is 0. The zero-order chi connectivity index (χ0) is 28.6. The second-order valence-corrected chi connectivity index (χ2v) is 13.8. The Balaban J connectivity index is 1.10. The van der Waals surface area contributed by atoms with Gasteiger partial charge >= 0.3 is 8.38 Å². The molecule has 208 valence electrons. The van der Waals surface area contributed by atoms with Gasteiger partial charge in [0.25, 0.3) is 0 Å². The van der Waals surface area contributed by atoms with Gasteiger partial charge in [-0.05, 0) is 52.9 Å². The molecule has 0 amide bonds. The molecule has 6 aromatic carbocycles. The number of rotatable bonds is 6. The van der Waals surface area contributed by atoms with Crippen molar-refractivity contribution < 1.29 is 13.6 Å². The maximum absolute atomic E-state index is 6.78. The van der Waals surface area contributed by atoms with E-state index in [1.807, 2.05) is 18.2 Å². The van der Waals surface area contributed by atoms with Crippen LogP contribution in [0.3, 0.4) is 0 Å². The molecule has 43 heavy (non-hydrogen) atoms. The number of para-hydroxylation sites is 3. The second kappa shape index (κ2) is 11.3. The Bertz CT molecular complexity index is 1950. The summed E-state index contributed by atoms with van der Waals surface area (Å²) in [6.07, 6.45) is 1.83. The van der Waals surface area contributed by atoms with E-state index in [1.54, 1.807) is 0 Å². The van der Waals surface area contributed by atoms with Crippen LogP contribution in [0.4, 0.5) is 0 Å². The summed E-state index contributed by atoms with van der Waals surface area (Å²) in [4.78, 5) is 0. The highest BCUT2D eigenvalue weighted by Gasteiger charge is 2.30. The smallest absolute Gasteiger partial charge is 0.326 e. The Hall–Kier alpha value is -4.42. The monoisotopic (exact) mass is 594 g/mol. The van der Waals surface area contributed by atoms with Gasteiger partial charge in [0.05, 0.1) is 5.30 Å². The van der Waals surface area contributed by atoms with Crippen molar-refractivity contribution >= 4 is 27.1 Å². The van der Waals surface area contributed by atoms with Crippen molar-refractivity contribution in [3.63, 3.8) is 0 Å². The van der Waals surface area contributed by atoms with Gasteiger partial charge in [0.2, 0.25) is 0 Å². The van der Waals surface area contributed by atoms with Crippen LogP contribution < -0.4 is 24.2 Å². The highest BCUT2D eigenvalue weighted by Crippen LogP contribution is 2.52. The van der Waals surface area contributed by atoms with Crippen LogP contribution in [-0.4, -0.2) is 6.16 Å². The molecule has 0 aliphatic carbocycles. The Morgan fingerprint density at radius 3 is 1.70 bits per heavy atom. The van der Waals surface area contributed by atoms with Crippen molar-refractivity contribution in [3.05, 3.63) is 151 Å². The number of hydrogen-bond donors (Lipinski definition) is 0. The highest BCUT2D eigenvalue weighted by atomic mass is 31.2. The minimum Gasteiger partial charge on any atom is -0.469 e. The first-order chi connectivity index (χ1) is 21.3. The van der Waals surface area contributed by atoms with Crippen LogP contribution in [-0.2, 0) is 6.42 Å². The molecule has 3 nitrogen and oxygen atoms in total. The summed E-state index contributed by atoms with van der Waals surface area (Å²) in [5, 5.41) is 2.41. The van der Waals surface area contributed by atoms with Gasteiger partial charge in [-0.2, -0.15) is 0 Å². The molecule has 0 N–H and O–H groups in total. The molecule has 0 spiro atoms. The van der Waals surface area contributed by atoms with Gasteiger partial charge in [-0.15, -0.1) is 0 Å². The molecule has 2 aliphatic heterocycles. The first-order valence-corrected chi connectivity index (χ1v) is 17.1. The lowest BCUT2D eigenvalue weighted by Gasteiger charge is -2.29. The third kappa shape index (κ3) is 4.90. The van der Waals surface area contributed by atoms with E-state index in [-0.39, 0.29) is 0 Å². The summed E-state index contributed by atoms with van der Waals surface area (Å²) in [5.41, 5.74) is 8.28. The summed E-state index contributed by atoms with van der Waals surface area (Å²) in [5.74, 6) is 2.67. The Morgan fingerprint density at radius 2 is 0.953 bits per heavy atom. The summed E-state index contributed by atoms with van der Waals surface area (Å²) < 4.78 is 19.9. The van der Waals surface area contributed by atoms with Crippen LogP contribution in [0.15, 0.2) is 146 Å². The van der Waals surface area contributed by atoms with Gasteiger partial charge in [0, 0.05) is 28.2 Å². The van der Waals surface area contributed by atoms with E-state index < -0.39 is 16.5 Å². The molecule has 0 radical (unpaired) electrons. The van der Waals surface area contributed by atoms with Gasteiger partial charge < -0.3 is 13.6 Å². The lowest BCUT2D eigenvalue weighted by atomic mass is 9.97. The molecule has 2 aliphatic rings. The van der Waals surface area contributed by atoms with Gasteiger partial charge in [0.1, 0.15) is 25.4 Å². The Morgan fingerprint density at radius 1 is 0.442 bits per heavy atom. The van der Waals surface area contributed by atoms with Gasteiger partial charge in [-0.25, -0.2) is 0 Å². The van der Waals surface area contributed by atoms with Crippen LogP contribution in [0.1, 0.15) is 5.56 Å². The molecule has 0 bridgehead atoms. The van der Waals surface area contributed by atoms with Crippen molar-refractivity contribution in [1.29, 1.82) is 0 Å². The molecule has 2 unspecified atom stereocenters. The topological polar surface area (TPSA) is 27.7 Å². The van der Waals surface area contributed by atoms with Crippen molar-refractivity contribution in [2.75, 3.05) is 6.16 Å². The molecule has 2 heterocycles. The fraction of sp³-hybridized carbons (Fsp3) is 0.0526. The molecule has 0 aromatic heterocycles. The number of benzene rings is 6. The molecule has 0 saturated carbocycles. The van der Waals surface area contributed by atoms with E-state index in [4.69, 9.17) is 13.6 Å². The van der Waals surface area contributed by atoms with Crippen molar-refractivity contribution in [2.45, 2.75) is 6.42 Å². The van der Waals surface area contributed by atoms with E-state index in [0.717, 1.165) is 46.3 Å². The minimum absolute atomic E-state index is 0.802. The molecule has 0 fully saturated rings. The maximum Gasteiger partial charge on any atom is 0.326 e. The van der Waals surface area contributed by atoms with Crippen LogP contribution in [0.5, 0.6) is 17.2 Å². The first-order valence-electron chi connectivity index (χ1n) is 14.5. The summed E-state index contributed by atoms with van der Waals surface area (Å²) in [6.45, 7) is 0. The van der Waals surface area contributed by atoms with E-state index >= 15 is 0 Å². The van der Waals surface area contributed by atoms with E-state index in [1.165, 1.54) is 33.1 Å². The standard InChI is InChI=1S/C38H28O3P2/c1-2-14-28(27(13-1)25-26-42-37-23-11-6-18-32(37)30-16-4-8-20-34(30)39-42)29-15-3-9-21-35(29)40-43-38-24-12-7-19-33(38)31-17-5-10-22-36(31)41-43/h1-24H,25-26H2. The fourth-order valence-corrected chi connectivity index (χ4v) is 9.43. The molecule has 6 aromatic rings. The Kier molecular flexibility index (Phi) is 6.92. The largest absolute Gasteiger partial charge is 0.469 e. The second-order valence-electron chi connectivity index (χ2n) is 10.6. The van der Waals surface area contributed by atoms with Crippen LogP contribution in [0, 0.1) is 0 Å². The molecule has 2 atom stereocenters. The van der Waals surface area contributed by atoms with E-state index in [2.05, 4.69) is 127 Å². The SMILES string of the molecule is c1ccc(-c2ccccc2OP2Oc3ccccc3-c3ccccc32)c(CCP2Oc3ccccc3-c3ccccc32)c1. The van der Waals surface area contributed by atoms with Crippen LogP contribution >= 0.6 is 16.5 Å². The highest BCUT2D eigenvalue weighted by molar-refractivity contribution is 7.61. The van der Waals surface area contributed by atoms with Gasteiger partial charge in [-0.1, -0.05) is 121 Å². The van der Waals surface area contributed by atoms with Gasteiger partial charge in [0.15, 0.2) is 0 Å². The number of hydrogen-bond acceptors (Lipinski definition) is 3. The minimum atomic E-state index is -1.36. The predicted octanol–water partition coefficient (Wildman–Crippen LogP) is 9.75. The Labute approximate surface area is 254 Å². The molecular formula is C38H28O3P2. The first kappa shape index (κ1) is 26.2. The van der Waals surface area contributed by atoms with Crippen molar-refractivity contribution in [3.8, 4) is 50.6 Å². The molecular weight excluding hydrogens is 566 g/mol. The number of aryl methyl sites for hydroxylation is 1. The lowest BCUT2D eigenvalue weighted by molar-refractivity contribution is 0.501. The average Bonchev–Trinajstić information content (AvgIpc) is 3.08. The molecule has 8 rings (SSSR count). The maximum atomic E-state index is 6.78. The van der Waals surface area contributed by atoms with Crippen molar-refractivity contribution in [1.82, 2.24) is 0 Å². The normalized spacial score (nSPS) is 16.0. The van der Waals surface area contributed by atoms with E-state index in [9.17, 15) is 0 Å². The summed E-state index contributed by atoms with van der Waals surface area (Å²) in [6, 6.07) is 50.7. The third-order valence-electron chi connectivity index (χ3n) is 7.98. The van der Waals surface area contributed by atoms with Crippen LogP contribution in [0.2, 0.25) is 0 Å². The molecule has 5 heteroatoms. The van der Waals surface area contributed by atoms with Crippen LogP contribution in [0.25, 0.3) is 33.4 Å². The summed E-state index contributed by atoms with van der Waals surface area (Å²) in [7, 11) is -2.16. The number of fused-ring (bicyclic) bond motifs is 6. The molecule has 0 saturated heterocycles. The zero-order valence-corrected chi connectivity index (χ0v) is 25.2. The van der Waals surface area contributed by atoms with E-state index in [0.29, 0.717) is 0 Å². The zero-order valence-electron chi connectivity index (χ0n) is 23.4. The average molecular weight is 595 g/mol. The predicted molar refractivity (Wildman–Crippen MR) is 179 cm³/mol. The fourth-order valence-electron chi connectivity index (χ4n) is 5.94. The lowest BCUT2D eigenvalue weighted by Crippen LogP contribution is -2.17. The van der Waals surface area contributed by atoms with Crippen molar-refractivity contribution in [2.24, 2.45) is 0 Å². The third-order valence-corrected chi connectivity index (χ3v) is 11.5.